The van der Waals surface area contributed by atoms with Crippen molar-refractivity contribution in [1.82, 2.24) is 0 Å². The van der Waals surface area contributed by atoms with E-state index in [4.69, 9.17) is 15.7 Å². The third-order valence-electron chi connectivity index (χ3n) is 3.32. The maximum Gasteiger partial charge on any atom is 0.170 e. The van der Waals surface area contributed by atoms with Crippen LogP contribution in [0.5, 0.6) is 5.75 Å². The number of ether oxygens (including phenoxy) is 1. The fourth-order valence-corrected chi connectivity index (χ4v) is 2.15. The molecule has 0 aliphatic carbocycles. The van der Waals surface area contributed by atoms with Crippen LogP contribution in [0.3, 0.4) is 0 Å². The molecule has 3 N–H and O–H groups in total. The zero-order chi connectivity index (χ0) is 15.2. The van der Waals surface area contributed by atoms with Crippen molar-refractivity contribution in [3.05, 3.63) is 59.7 Å². The number of nitrogens with zero attached hydrogens (tertiary/aromatic N) is 2. The van der Waals surface area contributed by atoms with E-state index in [-0.39, 0.29) is 5.84 Å². The normalized spacial score (nSPS) is 11.2. The van der Waals surface area contributed by atoms with Crippen molar-refractivity contribution < 1.29 is 9.94 Å². The van der Waals surface area contributed by atoms with Crippen LogP contribution in [0.2, 0.25) is 0 Å². The maximum absolute atomic E-state index is 8.86. The number of methoxy groups -OCH3 is 1. The van der Waals surface area contributed by atoms with Crippen LogP contribution >= 0.6 is 0 Å². The minimum atomic E-state index is 0.119. The lowest BCUT2D eigenvalue weighted by molar-refractivity contribution is 0.318. The first kappa shape index (κ1) is 14.7. The van der Waals surface area contributed by atoms with Crippen LogP contribution in [0, 0.1) is 0 Å². The smallest absolute Gasteiger partial charge is 0.170 e. The number of amidine groups is 1. The molecule has 0 spiro atoms. The summed E-state index contributed by atoms with van der Waals surface area (Å²) in [7, 11) is 3.64. The molecule has 0 unspecified atom stereocenters. The van der Waals surface area contributed by atoms with Gasteiger partial charge in [-0.15, -0.1) is 0 Å². The number of rotatable bonds is 5. The minimum Gasteiger partial charge on any atom is -0.497 e. The Labute approximate surface area is 124 Å². The van der Waals surface area contributed by atoms with Gasteiger partial charge in [-0.1, -0.05) is 29.4 Å². The molecule has 0 amide bonds. The summed E-state index contributed by atoms with van der Waals surface area (Å²) in [5.74, 6) is 0.943. The average molecular weight is 285 g/mol. The van der Waals surface area contributed by atoms with E-state index in [0.29, 0.717) is 6.54 Å². The van der Waals surface area contributed by atoms with E-state index in [1.54, 1.807) is 7.11 Å². The Balaban J connectivity index is 2.21. The van der Waals surface area contributed by atoms with E-state index in [1.165, 1.54) is 0 Å². The van der Waals surface area contributed by atoms with E-state index < -0.39 is 0 Å². The highest BCUT2D eigenvalue weighted by Gasteiger charge is 2.09. The van der Waals surface area contributed by atoms with Gasteiger partial charge in [-0.2, -0.15) is 0 Å². The largest absolute Gasteiger partial charge is 0.497 e. The summed E-state index contributed by atoms with van der Waals surface area (Å²) in [6, 6.07) is 15.4. The number of nitrogens with two attached hydrogens (primary N) is 1. The summed E-state index contributed by atoms with van der Waals surface area (Å²) in [5, 5.41) is 11.9. The summed E-state index contributed by atoms with van der Waals surface area (Å²) < 4.78 is 5.15. The van der Waals surface area contributed by atoms with Crippen molar-refractivity contribution in [3.63, 3.8) is 0 Å². The molecule has 2 aromatic rings. The Morgan fingerprint density at radius 3 is 2.48 bits per heavy atom. The molecule has 0 fully saturated rings. The third kappa shape index (κ3) is 3.45. The minimum absolute atomic E-state index is 0.119. The molecule has 110 valence electrons. The maximum atomic E-state index is 8.86. The van der Waals surface area contributed by atoms with Crippen molar-refractivity contribution in [2.75, 3.05) is 19.1 Å². The number of oxime groups is 1. The van der Waals surface area contributed by atoms with Crippen LogP contribution in [0.15, 0.2) is 53.7 Å². The lowest BCUT2D eigenvalue weighted by Gasteiger charge is -2.21. The predicted octanol–water partition coefficient (Wildman–Crippen LogP) is 2.43. The Morgan fingerprint density at radius 2 is 1.86 bits per heavy atom. The molecule has 5 nitrogen and oxygen atoms in total. The molecule has 2 rings (SSSR count). The second kappa shape index (κ2) is 6.65. The van der Waals surface area contributed by atoms with E-state index in [0.717, 1.165) is 22.6 Å². The van der Waals surface area contributed by atoms with Crippen LogP contribution in [-0.4, -0.2) is 25.2 Å². The Bertz CT molecular complexity index is 624. The molecule has 0 saturated carbocycles. The molecule has 0 aliphatic rings. The highest BCUT2D eigenvalue weighted by molar-refractivity contribution is 5.98. The summed E-state index contributed by atoms with van der Waals surface area (Å²) >= 11 is 0. The first-order chi connectivity index (χ1) is 10.2. The Morgan fingerprint density at radius 1 is 1.19 bits per heavy atom. The van der Waals surface area contributed by atoms with Crippen molar-refractivity contribution >= 4 is 11.5 Å². The molecule has 0 radical (unpaired) electrons. The van der Waals surface area contributed by atoms with E-state index in [9.17, 15) is 0 Å². The average Bonchev–Trinajstić information content (AvgIpc) is 2.54. The fourth-order valence-electron chi connectivity index (χ4n) is 2.15. The number of hydrogen-bond donors (Lipinski definition) is 2. The standard InChI is InChI=1S/C16H19N3O2/c1-19(13-7-9-14(21-2)10-8-13)11-12-5-3-4-6-15(12)16(17)18-20/h3-10,20H,11H2,1-2H3,(H2,17,18). The zero-order valence-electron chi connectivity index (χ0n) is 12.2. The molecule has 0 atom stereocenters. The Hall–Kier alpha value is -2.69. The second-order valence-corrected chi connectivity index (χ2v) is 4.70. The second-order valence-electron chi connectivity index (χ2n) is 4.70. The topological polar surface area (TPSA) is 71.1 Å². The molecule has 0 aromatic heterocycles. The molecular weight excluding hydrogens is 266 g/mol. The quantitative estimate of drug-likeness (QED) is 0.383. The number of hydrogen-bond acceptors (Lipinski definition) is 4. The van der Waals surface area contributed by atoms with Crippen LogP contribution in [-0.2, 0) is 6.54 Å². The van der Waals surface area contributed by atoms with Gasteiger partial charge in [0.15, 0.2) is 5.84 Å². The van der Waals surface area contributed by atoms with Crippen LogP contribution in [0.25, 0.3) is 0 Å². The highest BCUT2D eigenvalue weighted by Crippen LogP contribution is 2.20. The Kier molecular flexibility index (Phi) is 4.66. The van der Waals surface area contributed by atoms with E-state index in [2.05, 4.69) is 10.1 Å². The molecule has 5 heteroatoms. The van der Waals surface area contributed by atoms with Crippen LogP contribution in [0.4, 0.5) is 5.69 Å². The van der Waals surface area contributed by atoms with Gasteiger partial charge in [0.2, 0.25) is 0 Å². The first-order valence-electron chi connectivity index (χ1n) is 6.56. The van der Waals surface area contributed by atoms with Crippen LogP contribution in [0.1, 0.15) is 11.1 Å². The fraction of sp³-hybridized carbons (Fsp3) is 0.188. The summed E-state index contributed by atoms with van der Waals surface area (Å²) in [4.78, 5) is 2.09. The van der Waals surface area contributed by atoms with Gasteiger partial charge < -0.3 is 20.6 Å². The van der Waals surface area contributed by atoms with Gasteiger partial charge in [0, 0.05) is 24.8 Å². The monoisotopic (exact) mass is 285 g/mol. The summed E-state index contributed by atoms with van der Waals surface area (Å²) in [6.45, 7) is 0.652. The molecule has 21 heavy (non-hydrogen) atoms. The van der Waals surface area contributed by atoms with Crippen molar-refractivity contribution in [2.45, 2.75) is 6.54 Å². The third-order valence-corrected chi connectivity index (χ3v) is 3.32. The number of benzene rings is 2. The SMILES string of the molecule is COc1ccc(N(C)Cc2ccccc2C(N)=NO)cc1. The van der Waals surface area contributed by atoms with Crippen molar-refractivity contribution in [1.29, 1.82) is 0 Å². The molecule has 0 aliphatic heterocycles. The molecule has 0 bridgehead atoms. The van der Waals surface area contributed by atoms with Gasteiger partial charge >= 0.3 is 0 Å². The van der Waals surface area contributed by atoms with E-state index in [1.807, 2.05) is 55.6 Å². The van der Waals surface area contributed by atoms with Gasteiger partial charge in [-0.05, 0) is 29.8 Å². The van der Waals surface area contributed by atoms with Gasteiger partial charge in [0.05, 0.1) is 7.11 Å². The number of anilines is 1. The summed E-state index contributed by atoms with van der Waals surface area (Å²) in [6.07, 6.45) is 0. The molecule has 0 saturated heterocycles. The van der Waals surface area contributed by atoms with Crippen molar-refractivity contribution in [3.8, 4) is 5.75 Å². The zero-order valence-corrected chi connectivity index (χ0v) is 12.2. The van der Waals surface area contributed by atoms with Gasteiger partial charge in [-0.25, -0.2) is 0 Å². The molecular formula is C16H19N3O2. The molecule has 0 heterocycles. The first-order valence-corrected chi connectivity index (χ1v) is 6.56. The predicted molar refractivity (Wildman–Crippen MR) is 84.1 cm³/mol. The molecule has 2 aromatic carbocycles. The lowest BCUT2D eigenvalue weighted by Crippen LogP contribution is -2.21. The highest BCUT2D eigenvalue weighted by atomic mass is 16.5. The van der Waals surface area contributed by atoms with Gasteiger partial charge in [0.25, 0.3) is 0 Å². The van der Waals surface area contributed by atoms with E-state index >= 15 is 0 Å². The van der Waals surface area contributed by atoms with Crippen molar-refractivity contribution in [2.24, 2.45) is 10.9 Å². The lowest BCUT2D eigenvalue weighted by atomic mass is 10.1. The van der Waals surface area contributed by atoms with Crippen LogP contribution < -0.4 is 15.4 Å². The summed E-state index contributed by atoms with van der Waals surface area (Å²) in [5.41, 5.74) is 8.50. The van der Waals surface area contributed by atoms with Gasteiger partial charge in [0.1, 0.15) is 5.75 Å². The van der Waals surface area contributed by atoms with Gasteiger partial charge in [-0.3, -0.25) is 0 Å².